The van der Waals surface area contributed by atoms with E-state index in [0.717, 1.165) is 24.2 Å². The van der Waals surface area contributed by atoms with Crippen LogP contribution in [0.25, 0.3) is 5.65 Å². The van der Waals surface area contributed by atoms with Crippen LogP contribution in [0.1, 0.15) is 18.5 Å². The summed E-state index contributed by atoms with van der Waals surface area (Å²) in [7, 11) is 0. The minimum Gasteiger partial charge on any atom is -0.293 e. The highest BCUT2D eigenvalue weighted by Crippen LogP contribution is 2.29. The number of fused-ring (bicyclic) bond motifs is 1. The number of hydrogen-bond donors (Lipinski definition) is 1. The number of nitrogens with zero attached hydrogens (tertiary/aromatic N) is 3. The number of carbonyl (C=O) groups excluding carboxylic acids is 1. The first-order valence-corrected chi connectivity index (χ1v) is 5.37. The lowest BCUT2D eigenvalue weighted by Gasteiger charge is -1.96. The van der Waals surface area contributed by atoms with Crippen molar-refractivity contribution < 1.29 is 4.79 Å². The van der Waals surface area contributed by atoms with Gasteiger partial charge in [-0.25, -0.2) is 4.52 Å². The Bertz CT molecular complexity index is 556. The van der Waals surface area contributed by atoms with Crippen LogP contribution in [0, 0.1) is 12.8 Å². The van der Waals surface area contributed by atoms with Crippen molar-refractivity contribution in [2.24, 2.45) is 5.92 Å². The molecule has 1 amide bonds. The minimum atomic E-state index is 0.0357. The second-order valence-corrected chi connectivity index (χ2v) is 4.14. The highest BCUT2D eigenvalue weighted by Gasteiger charge is 2.30. The third-order valence-corrected chi connectivity index (χ3v) is 2.73. The van der Waals surface area contributed by atoms with Crippen LogP contribution in [0.2, 0.25) is 0 Å². The highest BCUT2D eigenvalue weighted by atomic mass is 16.2. The summed E-state index contributed by atoms with van der Waals surface area (Å²) in [4.78, 5) is 15.8. The first kappa shape index (κ1) is 9.33. The zero-order valence-corrected chi connectivity index (χ0v) is 8.97. The molecule has 1 N–H and O–H groups in total. The Hall–Kier alpha value is -1.91. The molecule has 0 saturated heterocycles. The molecule has 1 aliphatic carbocycles. The summed E-state index contributed by atoms with van der Waals surface area (Å²) in [5.74, 6) is 0.604. The Morgan fingerprint density at radius 2 is 2.31 bits per heavy atom. The lowest BCUT2D eigenvalue weighted by atomic mass is 10.4. The van der Waals surface area contributed by atoms with Crippen LogP contribution in [-0.2, 0) is 4.79 Å². The largest absolute Gasteiger partial charge is 0.293 e. The molecule has 0 unspecified atom stereocenters. The van der Waals surface area contributed by atoms with Gasteiger partial charge in [0.25, 0.3) is 0 Å². The van der Waals surface area contributed by atoms with Crippen molar-refractivity contribution >= 4 is 17.5 Å². The maximum Gasteiger partial charge on any atom is 0.249 e. The fourth-order valence-corrected chi connectivity index (χ4v) is 1.65. The van der Waals surface area contributed by atoms with Crippen molar-refractivity contribution in [1.29, 1.82) is 0 Å². The molecule has 0 bridgehead atoms. The smallest absolute Gasteiger partial charge is 0.249 e. The molecule has 0 radical (unpaired) electrons. The normalized spacial score (nSPS) is 15.3. The quantitative estimate of drug-likeness (QED) is 0.825. The van der Waals surface area contributed by atoms with Gasteiger partial charge < -0.3 is 0 Å². The van der Waals surface area contributed by atoms with E-state index in [1.807, 2.05) is 25.1 Å². The van der Waals surface area contributed by atoms with Crippen LogP contribution in [0.5, 0.6) is 0 Å². The molecule has 0 atom stereocenters. The maximum absolute atomic E-state index is 11.5. The Labute approximate surface area is 92.5 Å². The number of rotatable bonds is 2. The molecule has 0 spiro atoms. The van der Waals surface area contributed by atoms with Crippen molar-refractivity contribution in [2.45, 2.75) is 19.8 Å². The van der Waals surface area contributed by atoms with Gasteiger partial charge in [-0.2, -0.15) is 4.98 Å². The zero-order chi connectivity index (χ0) is 11.1. The van der Waals surface area contributed by atoms with Crippen molar-refractivity contribution in [1.82, 2.24) is 14.6 Å². The van der Waals surface area contributed by atoms with Crippen LogP contribution in [-0.4, -0.2) is 20.5 Å². The molecule has 16 heavy (non-hydrogen) atoms. The SMILES string of the molecule is Cc1cccc2nc(NC(=O)C3CC3)nn12. The molecule has 1 saturated carbocycles. The van der Waals surface area contributed by atoms with E-state index < -0.39 is 0 Å². The van der Waals surface area contributed by atoms with Gasteiger partial charge in [0, 0.05) is 11.6 Å². The van der Waals surface area contributed by atoms with Gasteiger partial charge in [0.15, 0.2) is 5.65 Å². The zero-order valence-electron chi connectivity index (χ0n) is 8.97. The van der Waals surface area contributed by atoms with Gasteiger partial charge in [0.1, 0.15) is 0 Å². The molecule has 2 aromatic rings. The second-order valence-electron chi connectivity index (χ2n) is 4.14. The van der Waals surface area contributed by atoms with E-state index in [2.05, 4.69) is 15.4 Å². The average Bonchev–Trinajstić information content (AvgIpc) is 3.01. The minimum absolute atomic E-state index is 0.0357. The third-order valence-electron chi connectivity index (χ3n) is 2.73. The fourth-order valence-electron chi connectivity index (χ4n) is 1.65. The molecule has 0 aliphatic heterocycles. The van der Waals surface area contributed by atoms with Gasteiger partial charge in [-0.15, -0.1) is 5.10 Å². The number of nitrogens with one attached hydrogen (secondary N) is 1. The van der Waals surface area contributed by atoms with Gasteiger partial charge in [-0.1, -0.05) is 6.07 Å². The van der Waals surface area contributed by atoms with Crippen molar-refractivity contribution in [3.63, 3.8) is 0 Å². The van der Waals surface area contributed by atoms with E-state index in [9.17, 15) is 4.79 Å². The highest BCUT2D eigenvalue weighted by molar-refractivity contribution is 5.92. The van der Waals surface area contributed by atoms with E-state index in [0.29, 0.717) is 5.95 Å². The van der Waals surface area contributed by atoms with Crippen molar-refractivity contribution in [3.05, 3.63) is 23.9 Å². The van der Waals surface area contributed by atoms with Gasteiger partial charge in [0.05, 0.1) is 0 Å². The molecule has 82 valence electrons. The lowest BCUT2D eigenvalue weighted by molar-refractivity contribution is -0.117. The Morgan fingerprint density at radius 1 is 1.50 bits per heavy atom. The first-order chi connectivity index (χ1) is 7.74. The molecule has 5 heteroatoms. The van der Waals surface area contributed by atoms with Crippen LogP contribution in [0.4, 0.5) is 5.95 Å². The van der Waals surface area contributed by atoms with Crippen LogP contribution in [0.3, 0.4) is 0 Å². The molecule has 3 rings (SSSR count). The van der Waals surface area contributed by atoms with E-state index >= 15 is 0 Å². The number of pyridine rings is 1. The Kier molecular flexibility index (Phi) is 1.92. The topological polar surface area (TPSA) is 59.3 Å². The fraction of sp³-hybridized carbons (Fsp3) is 0.364. The van der Waals surface area contributed by atoms with E-state index in [4.69, 9.17) is 0 Å². The maximum atomic E-state index is 11.5. The Morgan fingerprint density at radius 3 is 3.00 bits per heavy atom. The molecular formula is C11H12N4O. The van der Waals surface area contributed by atoms with Crippen molar-refractivity contribution in [3.8, 4) is 0 Å². The van der Waals surface area contributed by atoms with Crippen molar-refractivity contribution in [2.75, 3.05) is 5.32 Å². The van der Waals surface area contributed by atoms with E-state index in [1.165, 1.54) is 0 Å². The lowest BCUT2D eigenvalue weighted by Crippen LogP contribution is -2.14. The summed E-state index contributed by atoms with van der Waals surface area (Å²) in [5, 5.41) is 6.97. The number of carbonyl (C=O) groups is 1. The number of hydrogen-bond acceptors (Lipinski definition) is 3. The Balaban J connectivity index is 1.92. The monoisotopic (exact) mass is 216 g/mol. The average molecular weight is 216 g/mol. The predicted octanol–water partition coefficient (Wildman–Crippen LogP) is 1.39. The summed E-state index contributed by atoms with van der Waals surface area (Å²) in [5.41, 5.74) is 1.75. The van der Waals surface area contributed by atoms with Crippen LogP contribution < -0.4 is 5.32 Å². The molecular weight excluding hydrogens is 204 g/mol. The number of aryl methyl sites for hydroxylation is 1. The molecule has 2 heterocycles. The predicted molar refractivity (Wildman–Crippen MR) is 59.1 cm³/mol. The van der Waals surface area contributed by atoms with Crippen LogP contribution in [0.15, 0.2) is 18.2 Å². The number of aromatic nitrogens is 3. The first-order valence-electron chi connectivity index (χ1n) is 5.37. The summed E-state index contributed by atoms with van der Waals surface area (Å²) >= 11 is 0. The standard InChI is InChI=1S/C11H12N4O/c1-7-3-2-4-9-12-11(14-15(7)9)13-10(16)8-5-6-8/h2-4,8H,5-6H2,1H3,(H,13,14,16). The summed E-state index contributed by atoms with van der Waals surface area (Å²) < 4.78 is 1.72. The van der Waals surface area contributed by atoms with Gasteiger partial charge >= 0.3 is 0 Å². The van der Waals surface area contributed by atoms with Gasteiger partial charge in [0.2, 0.25) is 11.9 Å². The van der Waals surface area contributed by atoms with Gasteiger partial charge in [-0.3, -0.25) is 10.1 Å². The molecule has 0 aromatic carbocycles. The second kappa shape index (κ2) is 3.30. The summed E-state index contributed by atoms with van der Waals surface area (Å²) in [6.07, 6.45) is 1.97. The van der Waals surface area contributed by atoms with E-state index in [1.54, 1.807) is 4.52 Å². The van der Waals surface area contributed by atoms with Gasteiger partial charge in [-0.05, 0) is 31.9 Å². The summed E-state index contributed by atoms with van der Waals surface area (Å²) in [6.45, 7) is 1.95. The van der Waals surface area contributed by atoms with Crippen LogP contribution >= 0.6 is 0 Å². The molecule has 1 fully saturated rings. The number of anilines is 1. The molecule has 1 aliphatic rings. The third kappa shape index (κ3) is 1.54. The molecule has 5 nitrogen and oxygen atoms in total. The molecule has 2 aromatic heterocycles. The summed E-state index contributed by atoms with van der Waals surface area (Å²) in [6, 6.07) is 5.74. The van der Waals surface area contributed by atoms with E-state index in [-0.39, 0.29) is 11.8 Å². The number of amides is 1.